The summed E-state index contributed by atoms with van der Waals surface area (Å²) in [5.41, 5.74) is 5.37. The number of alkyl halides is 3. The predicted octanol–water partition coefficient (Wildman–Crippen LogP) is 2.92. The van der Waals surface area contributed by atoms with Crippen molar-refractivity contribution in [1.29, 1.82) is 0 Å². The number of nitrogens with two attached hydrogens (primary N) is 1. The van der Waals surface area contributed by atoms with Crippen molar-refractivity contribution in [2.24, 2.45) is 5.73 Å². The molecule has 4 nitrogen and oxygen atoms in total. The number of hydrogen-bond acceptors (Lipinski definition) is 4. The van der Waals surface area contributed by atoms with Crippen molar-refractivity contribution in [2.45, 2.75) is 36.7 Å². The van der Waals surface area contributed by atoms with Gasteiger partial charge in [0.1, 0.15) is 5.82 Å². The van der Waals surface area contributed by atoms with E-state index in [0.29, 0.717) is 23.3 Å². The van der Waals surface area contributed by atoms with Crippen molar-refractivity contribution in [1.82, 2.24) is 4.98 Å². The summed E-state index contributed by atoms with van der Waals surface area (Å²) < 4.78 is 44.1. The second kappa shape index (κ2) is 4.82. The molecule has 0 amide bonds. The van der Waals surface area contributed by atoms with E-state index in [1.54, 1.807) is 12.1 Å². The minimum Gasteiger partial charge on any atom is -0.374 e. The Labute approximate surface area is 130 Å². The van der Waals surface area contributed by atoms with Gasteiger partial charge in [0.05, 0.1) is 29.3 Å². The van der Waals surface area contributed by atoms with Crippen molar-refractivity contribution >= 4 is 16.7 Å². The number of rotatable bonds is 2. The summed E-state index contributed by atoms with van der Waals surface area (Å²) in [5.74, 6) is 0.551. The Morgan fingerprint density at radius 1 is 1.22 bits per heavy atom. The molecule has 23 heavy (non-hydrogen) atoms. The maximum absolute atomic E-state index is 12.8. The zero-order valence-electron chi connectivity index (χ0n) is 12.2. The third-order valence-electron chi connectivity index (χ3n) is 4.68. The van der Waals surface area contributed by atoms with Gasteiger partial charge in [0.2, 0.25) is 0 Å². The summed E-state index contributed by atoms with van der Waals surface area (Å²) >= 11 is 0. The molecule has 1 aromatic heterocycles. The number of halogens is 3. The zero-order valence-corrected chi connectivity index (χ0v) is 12.2. The molecule has 7 heteroatoms. The normalized spacial score (nSPS) is 30.1. The Bertz CT molecular complexity index is 760. The van der Waals surface area contributed by atoms with E-state index < -0.39 is 11.7 Å². The van der Waals surface area contributed by atoms with Crippen LogP contribution in [0.4, 0.5) is 19.0 Å². The van der Waals surface area contributed by atoms with Crippen LogP contribution in [0.3, 0.4) is 0 Å². The van der Waals surface area contributed by atoms with E-state index in [4.69, 9.17) is 10.5 Å². The van der Waals surface area contributed by atoms with Crippen molar-refractivity contribution in [3.8, 4) is 0 Å². The highest BCUT2D eigenvalue weighted by Gasteiger charge is 2.50. The molecule has 0 radical (unpaired) electrons. The van der Waals surface area contributed by atoms with E-state index in [1.165, 1.54) is 6.07 Å². The molecule has 1 aliphatic carbocycles. The molecule has 2 fully saturated rings. The first-order valence-electron chi connectivity index (χ1n) is 7.48. The molecular weight excluding hydrogens is 307 g/mol. The summed E-state index contributed by atoms with van der Waals surface area (Å²) in [7, 11) is 0. The molecule has 0 unspecified atom stereocenters. The van der Waals surface area contributed by atoms with Crippen LogP contribution in [0.15, 0.2) is 30.3 Å². The van der Waals surface area contributed by atoms with Gasteiger partial charge < -0.3 is 15.8 Å². The van der Waals surface area contributed by atoms with Crippen LogP contribution in [-0.4, -0.2) is 29.3 Å². The lowest BCUT2D eigenvalue weighted by Gasteiger charge is -2.29. The number of anilines is 1. The highest BCUT2D eigenvalue weighted by Crippen LogP contribution is 2.40. The third-order valence-corrected chi connectivity index (χ3v) is 4.68. The van der Waals surface area contributed by atoms with Crippen molar-refractivity contribution in [3.63, 3.8) is 0 Å². The lowest BCUT2D eigenvalue weighted by Crippen LogP contribution is -2.43. The first-order chi connectivity index (χ1) is 10.8. The molecule has 1 saturated carbocycles. The fourth-order valence-corrected chi connectivity index (χ4v) is 3.54. The molecule has 1 saturated heterocycles. The Kier molecular flexibility index (Phi) is 3.08. The predicted molar refractivity (Wildman–Crippen MR) is 80.0 cm³/mol. The number of benzene rings is 1. The van der Waals surface area contributed by atoms with Gasteiger partial charge in [0, 0.05) is 17.8 Å². The average molecular weight is 323 g/mol. The van der Waals surface area contributed by atoms with Crippen molar-refractivity contribution in [2.75, 3.05) is 11.9 Å². The van der Waals surface area contributed by atoms with Crippen LogP contribution in [0.5, 0.6) is 0 Å². The van der Waals surface area contributed by atoms with Crippen LogP contribution >= 0.6 is 0 Å². The number of fused-ring (bicyclic) bond motifs is 3. The summed E-state index contributed by atoms with van der Waals surface area (Å²) in [4.78, 5) is 4.34. The molecule has 2 aromatic rings. The maximum atomic E-state index is 12.8. The molecule has 122 valence electrons. The minimum absolute atomic E-state index is 0.00598. The van der Waals surface area contributed by atoms with Crippen LogP contribution in [-0.2, 0) is 10.9 Å². The Morgan fingerprint density at radius 2 is 2.00 bits per heavy atom. The summed E-state index contributed by atoms with van der Waals surface area (Å²) in [6, 6.07) is 7.13. The molecule has 2 heterocycles. The first kappa shape index (κ1) is 14.7. The molecule has 1 aliphatic heterocycles. The van der Waals surface area contributed by atoms with E-state index in [-0.39, 0.29) is 17.7 Å². The first-order valence-corrected chi connectivity index (χ1v) is 7.48. The maximum Gasteiger partial charge on any atom is 0.416 e. The minimum atomic E-state index is -4.37. The number of pyridine rings is 1. The molecule has 3 atom stereocenters. The molecule has 4 rings (SSSR count). The monoisotopic (exact) mass is 323 g/mol. The van der Waals surface area contributed by atoms with Gasteiger partial charge >= 0.3 is 6.18 Å². The third kappa shape index (κ3) is 2.53. The highest BCUT2D eigenvalue weighted by molar-refractivity contribution is 5.81. The summed E-state index contributed by atoms with van der Waals surface area (Å²) in [6.45, 7) is 0.549. The highest BCUT2D eigenvalue weighted by atomic mass is 19.4. The van der Waals surface area contributed by atoms with Gasteiger partial charge in [0.25, 0.3) is 0 Å². The number of hydrogen-bond donors (Lipinski definition) is 2. The van der Waals surface area contributed by atoms with E-state index in [0.717, 1.165) is 25.0 Å². The lowest BCUT2D eigenvalue weighted by atomic mass is 9.99. The molecule has 2 bridgehead atoms. The Hall–Kier alpha value is -1.86. The van der Waals surface area contributed by atoms with Crippen LogP contribution in [0.25, 0.3) is 10.9 Å². The van der Waals surface area contributed by atoms with Gasteiger partial charge in [-0.05, 0) is 30.7 Å². The van der Waals surface area contributed by atoms with Gasteiger partial charge in [0.15, 0.2) is 0 Å². The fourth-order valence-electron chi connectivity index (χ4n) is 3.54. The van der Waals surface area contributed by atoms with Crippen molar-refractivity contribution in [3.05, 3.63) is 35.9 Å². The van der Waals surface area contributed by atoms with E-state index in [2.05, 4.69) is 10.3 Å². The number of nitrogens with zero attached hydrogens (tertiary/aromatic N) is 1. The molecule has 3 N–H and O–H groups in total. The Morgan fingerprint density at radius 3 is 2.65 bits per heavy atom. The largest absolute Gasteiger partial charge is 0.416 e. The zero-order chi connectivity index (χ0) is 16.2. The fraction of sp³-hybridized carbons (Fsp3) is 0.438. The standard InChI is InChI=1S/C16H16F3N3O/c17-16(18,19)10-3-1-9-2-4-14(21-12(9)5-10)22-15-6-11(20)13(7-15)23-8-15/h1-5,11,13H,6-8,20H2,(H,21,22)/t11-,13-,15+/m1/s1. The van der Waals surface area contributed by atoms with Crippen LogP contribution in [0.2, 0.25) is 0 Å². The Balaban J connectivity index is 1.66. The lowest BCUT2D eigenvalue weighted by molar-refractivity contribution is -0.137. The second-order valence-electron chi connectivity index (χ2n) is 6.43. The number of aromatic nitrogens is 1. The molecule has 2 aliphatic rings. The quantitative estimate of drug-likeness (QED) is 0.892. The smallest absolute Gasteiger partial charge is 0.374 e. The van der Waals surface area contributed by atoms with Gasteiger partial charge in [-0.1, -0.05) is 6.07 Å². The average Bonchev–Trinajstić information content (AvgIpc) is 3.02. The van der Waals surface area contributed by atoms with Gasteiger partial charge in [-0.25, -0.2) is 4.98 Å². The van der Waals surface area contributed by atoms with Gasteiger partial charge in [-0.2, -0.15) is 13.2 Å². The van der Waals surface area contributed by atoms with Crippen LogP contribution in [0.1, 0.15) is 18.4 Å². The van der Waals surface area contributed by atoms with E-state index >= 15 is 0 Å². The van der Waals surface area contributed by atoms with Gasteiger partial charge in [-0.3, -0.25) is 0 Å². The van der Waals surface area contributed by atoms with Crippen molar-refractivity contribution < 1.29 is 17.9 Å². The van der Waals surface area contributed by atoms with Gasteiger partial charge in [-0.15, -0.1) is 0 Å². The topological polar surface area (TPSA) is 60.2 Å². The SMILES string of the molecule is N[C@@H]1C[C@@]2(Nc3ccc4ccc(C(F)(F)F)cc4n3)CO[C@@H]1C2. The van der Waals surface area contributed by atoms with Crippen LogP contribution in [0, 0.1) is 0 Å². The summed E-state index contributed by atoms with van der Waals surface area (Å²) in [5, 5.41) is 4.00. The summed E-state index contributed by atoms with van der Waals surface area (Å²) in [6.07, 6.45) is -2.74. The number of nitrogens with one attached hydrogen (secondary N) is 1. The number of ether oxygens (including phenoxy) is 1. The van der Waals surface area contributed by atoms with E-state index in [9.17, 15) is 13.2 Å². The molecular formula is C16H16F3N3O. The second-order valence-corrected chi connectivity index (χ2v) is 6.43. The van der Waals surface area contributed by atoms with Crippen LogP contribution < -0.4 is 11.1 Å². The molecule has 0 spiro atoms. The van der Waals surface area contributed by atoms with E-state index in [1.807, 2.05) is 0 Å². The molecule has 1 aromatic carbocycles.